The molecule has 1 aromatic carbocycles. The first kappa shape index (κ1) is 16.9. The van der Waals surface area contributed by atoms with Crippen LogP contribution in [-0.4, -0.2) is 21.4 Å². The molecule has 0 N–H and O–H groups in total. The summed E-state index contributed by atoms with van der Waals surface area (Å²) in [6, 6.07) is 7.38. The van der Waals surface area contributed by atoms with E-state index in [4.69, 9.17) is 9.40 Å². The maximum atomic E-state index is 12.7. The number of rotatable bonds is 2. The molecule has 2 aromatic heterocycles. The highest BCUT2D eigenvalue weighted by Gasteiger charge is 2.23. The van der Waals surface area contributed by atoms with Crippen molar-refractivity contribution in [2.45, 2.75) is 45.7 Å². The topological polar surface area (TPSA) is 59.2 Å². The Hall–Kier alpha value is -2.53. The maximum absolute atomic E-state index is 12.7. The van der Waals surface area contributed by atoms with E-state index in [2.05, 4.69) is 30.7 Å². The van der Waals surface area contributed by atoms with E-state index in [-0.39, 0.29) is 10.8 Å². The van der Waals surface area contributed by atoms with E-state index < -0.39 is 0 Å². The van der Waals surface area contributed by atoms with Crippen LogP contribution >= 0.6 is 0 Å². The van der Waals surface area contributed by atoms with Crippen molar-refractivity contribution in [2.75, 3.05) is 6.54 Å². The minimum Gasteiger partial charge on any atom is -0.464 e. The Bertz CT molecular complexity index is 1020. The second-order valence-corrected chi connectivity index (χ2v) is 7.96. The van der Waals surface area contributed by atoms with Crippen LogP contribution in [0, 0.1) is 0 Å². The molecule has 134 valence electrons. The van der Waals surface area contributed by atoms with E-state index in [1.807, 2.05) is 30.5 Å². The van der Waals surface area contributed by atoms with Gasteiger partial charge in [-0.25, -0.2) is 9.97 Å². The monoisotopic (exact) mass is 349 g/mol. The number of benzene rings is 1. The Morgan fingerprint density at radius 3 is 2.85 bits per heavy atom. The van der Waals surface area contributed by atoms with Gasteiger partial charge in [-0.2, -0.15) is 0 Å². The molecule has 0 unspecified atom stereocenters. The van der Waals surface area contributed by atoms with Gasteiger partial charge in [0.05, 0.1) is 11.6 Å². The molecule has 0 aliphatic carbocycles. The summed E-state index contributed by atoms with van der Waals surface area (Å²) in [4.78, 5) is 24.3. The van der Waals surface area contributed by atoms with Gasteiger partial charge in [-0.15, -0.1) is 0 Å². The molecule has 0 spiro atoms. The highest BCUT2D eigenvalue weighted by Crippen LogP contribution is 2.23. The van der Waals surface area contributed by atoms with Crippen LogP contribution < -0.4 is 5.43 Å². The third-order valence-corrected chi connectivity index (χ3v) is 4.83. The van der Waals surface area contributed by atoms with E-state index in [0.29, 0.717) is 23.1 Å². The molecule has 0 atom stereocenters. The SMILES string of the molecule is CC(C)(C)c1ncc2c(n1)CCN(Cc1coc3ccccc3c1=O)C2. The van der Waals surface area contributed by atoms with Crippen LogP contribution in [0.15, 0.2) is 45.9 Å². The third-order valence-electron chi connectivity index (χ3n) is 4.83. The molecule has 3 heterocycles. The molecule has 1 aliphatic heterocycles. The lowest BCUT2D eigenvalue weighted by atomic mass is 9.95. The minimum absolute atomic E-state index is 0.0454. The maximum Gasteiger partial charge on any atom is 0.197 e. The van der Waals surface area contributed by atoms with Crippen molar-refractivity contribution in [1.29, 1.82) is 0 Å². The van der Waals surface area contributed by atoms with Gasteiger partial charge in [-0.3, -0.25) is 9.69 Å². The van der Waals surface area contributed by atoms with Crippen molar-refractivity contribution in [3.63, 3.8) is 0 Å². The molecule has 0 fully saturated rings. The number of hydrogen-bond donors (Lipinski definition) is 0. The molecule has 5 nitrogen and oxygen atoms in total. The first-order valence-electron chi connectivity index (χ1n) is 8.99. The zero-order chi connectivity index (χ0) is 18.3. The number of aromatic nitrogens is 2. The van der Waals surface area contributed by atoms with E-state index in [0.717, 1.165) is 36.6 Å². The van der Waals surface area contributed by atoms with Crippen molar-refractivity contribution in [2.24, 2.45) is 0 Å². The van der Waals surface area contributed by atoms with Crippen LogP contribution in [0.2, 0.25) is 0 Å². The minimum atomic E-state index is -0.0454. The first-order valence-corrected chi connectivity index (χ1v) is 8.99. The summed E-state index contributed by atoms with van der Waals surface area (Å²) in [7, 11) is 0. The summed E-state index contributed by atoms with van der Waals surface area (Å²) in [5, 5.41) is 0.639. The Morgan fingerprint density at radius 1 is 1.23 bits per heavy atom. The van der Waals surface area contributed by atoms with Crippen molar-refractivity contribution in [3.8, 4) is 0 Å². The van der Waals surface area contributed by atoms with Gasteiger partial charge in [0, 0.05) is 54.5 Å². The summed E-state index contributed by atoms with van der Waals surface area (Å²) in [6.07, 6.45) is 4.41. The predicted molar refractivity (Wildman–Crippen MR) is 101 cm³/mol. The van der Waals surface area contributed by atoms with Gasteiger partial charge in [0.15, 0.2) is 5.43 Å². The van der Waals surface area contributed by atoms with Crippen molar-refractivity contribution in [1.82, 2.24) is 14.9 Å². The smallest absolute Gasteiger partial charge is 0.197 e. The van der Waals surface area contributed by atoms with Gasteiger partial charge in [0.25, 0.3) is 0 Å². The number of nitrogens with zero attached hydrogens (tertiary/aromatic N) is 3. The molecular weight excluding hydrogens is 326 g/mol. The molecule has 3 aromatic rings. The highest BCUT2D eigenvalue weighted by molar-refractivity contribution is 5.76. The molecule has 1 aliphatic rings. The average Bonchev–Trinajstić information content (AvgIpc) is 2.63. The van der Waals surface area contributed by atoms with Crippen LogP contribution in [-0.2, 0) is 24.9 Å². The molecule has 0 bridgehead atoms. The van der Waals surface area contributed by atoms with E-state index in [9.17, 15) is 4.79 Å². The fourth-order valence-electron chi connectivity index (χ4n) is 3.34. The zero-order valence-electron chi connectivity index (χ0n) is 15.5. The largest absolute Gasteiger partial charge is 0.464 e. The van der Waals surface area contributed by atoms with Crippen LogP contribution in [0.3, 0.4) is 0 Å². The lowest BCUT2D eigenvalue weighted by Gasteiger charge is -2.28. The number of fused-ring (bicyclic) bond motifs is 2. The molecule has 0 radical (unpaired) electrons. The molecule has 4 rings (SSSR count). The Labute approximate surface area is 152 Å². The summed E-state index contributed by atoms with van der Waals surface area (Å²) >= 11 is 0. The predicted octanol–water partition coefficient (Wildman–Crippen LogP) is 3.44. The fourth-order valence-corrected chi connectivity index (χ4v) is 3.34. The molecular formula is C21H23N3O2. The Kier molecular flexibility index (Phi) is 4.11. The zero-order valence-corrected chi connectivity index (χ0v) is 15.5. The van der Waals surface area contributed by atoms with Gasteiger partial charge in [-0.05, 0) is 12.1 Å². The van der Waals surface area contributed by atoms with Crippen LogP contribution in [0.25, 0.3) is 11.0 Å². The molecule has 0 amide bonds. The van der Waals surface area contributed by atoms with E-state index in [1.54, 1.807) is 6.26 Å². The van der Waals surface area contributed by atoms with Gasteiger partial charge in [-0.1, -0.05) is 32.9 Å². The lowest BCUT2D eigenvalue weighted by Crippen LogP contribution is -2.33. The van der Waals surface area contributed by atoms with Crippen LogP contribution in [0.4, 0.5) is 0 Å². The number of hydrogen-bond acceptors (Lipinski definition) is 5. The quantitative estimate of drug-likeness (QED) is 0.709. The molecule has 0 saturated heterocycles. The second-order valence-electron chi connectivity index (χ2n) is 7.96. The molecule has 26 heavy (non-hydrogen) atoms. The average molecular weight is 349 g/mol. The lowest BCUT2D eigenvalue weighted by molar-refractivity contribution is 0.240. The highest BCUT2D eigenvalue weighted by atomic mass is 16.3. The van der Waals surface area contributed by atoms with Crippen molar-refractivity contribution >= 4 is 11.0 Å². The van der Waals surface area contributed by atoms with Gasteiger partial charge < -0.3 is 4.42 Å². The summed E-state index contributed by atoms with van der Waals surface area (Å²) in [5.74, 6) is 0.889. The van der Waals surface area contributed by atoms with Crippen LogP contribution in [0.1, 0.15) is 43.4 Å². The van der Waals surface area contributed by atoms with E-state index in [1.165, 1.54) is 0 Å². The summed E-state index contributed by atoms with van der Waals surface area (Å²) in [5.41, 5.74) is 3.61. The first-order chi connectivity index (χ1) is 12.4. The number of para-hydroxylation sites is 1. The van der Waals surface area contributed by atoms with Crippen molar-refractivity contribution in [3.05, 3.63) is 69.6 Å². The second kappa shape index (κ2) is 6.32. The summed E-state index contributed by atoms with van der Waals surface area (Å²) in [6.45, 7) is 8.59. The standard InChI is InChI=1S/C21H23N3O2/c1-21(2,3)20-22-10-14-11-24(9-8-17(14)23-20)12-15-13-26-18-7-5-4-6-16(18)19(15)25/h4-7,10,13H,8-9,11-12H2,1-3H3. The van der Waals surface area contributed by atoms with Crippen molar-refractivity contribution < 1.29 is 4.42 Å². The summed E-state index contributed by atoms with van der Waals surface area (Å²) < 4.78 is 5.64. The van der Waals surface area contributed by atoms with E-state index >= 15 is 0 Å². The van der Waals surface area contributed by atoms with Gasteiger partial charge in [0.2, 0.25) is 0 Å². The Morgan fingerprint density at radius 2 is 2.04 bits per heavy atom. The van der Waals surface area contributed by atoms with Gasteiger partial charge in [0.1, 0.15) is 11.4 Å². The van der Waals surface area contributed by atoms with Crippen LogP contribution in [0.5, 0.6) is 0 Å². The van der Waals surface area contributed by atoms with Gasteiger partial charge >= 0.3 is 0 Å². The molecule has 5 heteroatoms. The normalized spacial score (nSPS) is 15.2. The molecule has 0 saturated carbocycles. The Balaban J connectivity index is 1.57. The fraction of sp³-hybridized carbons (Fsp3) is 0.381. The third kappa shape index (κ3) is 3.15.